The molecule has 3 heterocycles. The summed E-state index contributed by atoms with van der Waals surface area (Å²) >= 11 is 0.952. The number of thiazole rings is 1. The predicted octanol–water partition coefficient (Wildman–Crippen LogP) is 3.19. The maximum Gasteiger partial charge on any atom is 0.434 e. The number of nitrogens with zero attached hydrogens (tertiary/aromatic N) is 3. The molecule has 1 unspecified atom stereocenters. The molecule has 0 aromatic carbocycles. The van der Waals surface area contributed by atoms with Crippen LogP contribution in [0.4, 0.5) is 13.2 Å². The third-order valence-corrected chi connectivity index (χ3v) is 5.43. The van der Waals surface area contributed by atoms with Crippen molar-refractivity contribution in [2.24, 2.45) is 4.99 Å². The van der Waals surface area contributed by atoms with E-state index in [4.69, 9.17) is 9.15 Å². The topological polar surface area (TPSA) is 74.9 Å². The molecule has 2 aromatic rings. The van der Waals surface area contributed by atoms with Gasteiger partial charge in [0.25, 0.3) is 0 Å². The van der Waals surface area contributed by atoms with Gasteiger partial charge in [0.15, 0.2) is 11.7 Å². The van der Waals surface area contributed by atoms with E-state index in [1.165, 1.54) is 0 Å². The Kier molecular flexibility index (Phi) is 7.73. The Morgan fingerprint density at radius 1 is 1.30 bits per heavy atom. The number of guanidine groups is 1. The molecule has 0 radical (unpaired) electrons. The van der Waals surface area contributed by atoms with E-state index in [1.807, 2.05) is 26.0 Å². The molecule has 2 N–H and O–H groups in total. The van der Waals surface area contributed by atoms with Crippen LogP contribution in [0.2, 0.25) is 0 Å². The van der Waals surface area contributed by atoms with E-state index in [2.05, 4.69) is 25.5 Å². The highest BCUT2D eigenvalue weighted by Gasteiger charge is 2.33. The first-order valence-corrected chi connectivity index (χ1v) is 10.7. The van der Waals surface area contributed by atoms with Gasteiger partial charge in [-0.2, -0.15) is 13.2 Å². The third-order valence-electron chi connectivity index (χ3n) is 4.60. The van der Waals surface area contributed by atoms with Crippen molar-refractivity contribution in [1.82, 2.24) is 20.5 Å². The minimum absolute atomic E-state index is 0.0110. The quantitative estimate of drug-likeness (QED) is 0.504. The zero-order valence-corrected chi connectivity index (χ0v) is 17.8. The summed E-state index contributed by atoms with van der Waals surface area (Å²) in [5.74, 6) is 2.21. The maximum absolute atomic E-state index is 12.7. The van der Waals surface area contributed by atoms with Crippen molar-refractivity contribution in [3.8, 4) is 0 Å². The molecule has 1 atom stereocenters. The van der Waals surface area contributed by atoms with Crippen LogP contribution in [0.15, 0.2) is 26.9 Å². The normalized spacial score (nSPS) is 17.2. The number of aryl methyl sites for hydroxylation is 1. The Balaban J connectivity index is 1.67. The number of ether oxygens (including phenoxy) is 1. The Bertz CT molecular complexity index is 830. The number of hydrogen-bond donors (Lipinski definition) is 2. The highest BCUT2D eigenvalue weighted by molar-refractivity contribution is 7.09. The summed E-state index contributed by atoms with van der Waals surface area (Å²) in [5.41, 5.74) is -0.878. The molecular formula is C19H26F3N5O2S. The molecule has 1 aliphatic heterocycles. The van der Waals surface area contributed by atoms with Crippen LogP contribution in [0.1, 0.15) is 35.2 Å². The third kappa shape index (κ3) is 6.19. The average molecular weight is 446 g/mol. The van der Waals surface area contributed by atoms with Gasteiger partial charge in [0.05, 0.1) is 25.8 Å². The molecule has 0 amide bonds. The Morgan fingerprint density at radius 2 is 2.07 bits per heavy atom. The van der Waals surface area contributed by atoms with Crippen LogP contribution in [0.5, 0.6) is 0 Å². The van der Waals surface area contributed by atoms with Crippen molar-refractivity contribution >= 4 is 17.3 Å². The van der Waals surface area contributed by atoms with Gasteiger partial charge >= 0.3 is 6.18 Å². The van der Waals surface area contributed by atoms with Gasteiger partial charge in [-0.05, 0) is 26.0 Å². The number of aliphatic imine (C=N–C) groups is 1. The van der Waals surface area contributed by atoms with Gasteiger partial charge in [0, 0.05) is 31.6 Å². The van der Waals surface area contributed by atoms with Crippen LogP contribution >= 0.6 is 11.3 Å². The number of nitrogens with one attached hydrogen (secondary N) is 2. The zero-order valence-electron chi connectivity index (χ0n) is 17.0. The van der Waals surface area contributed by atoms with E-state index >= 15 is 0 Å². The number of furan rings is 1. The first-order chi connectivity index (χ1) is 14.4. The summed E-state index contributed by atoms with van der Waals surface area (Å²) in [6.07, 6.45) is -4.44. The highest BCUT2D eigenvalue weighted by Crippen LogP contribution is 2.30. The van der Waals surface area contributed by atoms with E-state index in [1.54, 1.807) is 0 Å². The number of aromatic nitrogens is 1. The summed E-state index contributed by atoms with van der Waals surface area (Å²) in [5, 5.41) is 7.73. The van der Waals surface area contributed by atoms with Gasteiger partial charge < -0.3 is 19.8 Å². The van der Waals surface area contributed by atoms with Crippen LogP contribution < -0.4 is 10.6 Å². The molecule has 3 rings (SSSR count). The van der Waals surface area contributed by atoms with Crippen molar-refractivity contribution in [2.45, 2.75) is 32.6 Å². The monoisotopic (exact) mass is 445 g/mol. The smallest absolute Gasteiger partial charge is 0.434 e. The first-order valence-electron chi connectivity index (χ1n) is 9.78. The fraction of sp³-hybridized carbons (Fsp3) is 0.579. The summed E-state index contributed by atoms with van der Waals surface area (Å²) in [4.78, 5) is 10.3. The summed E-state index contributed by atoms with van der Waals surface area (Å²) < 4.78 is 49.5. The molecule has 7 nitrogen and oxygen atoms in total. The van der Waals surface area contributed by atoms with Crippen molar-refractivity contribution < 1.29 is 22.3 Å². The molecule has 1 aliphatic rings. The summed E-state index contributed by atoms with van der Waals surface area (Å²) in [7, 11) is 0. The second kappa shape index (κ2) is 10.3. The standard InChI is InChI=1S/C19H26F3N5O2S/c1-3-23-18(25-11-17-26-16(12-30-17)19(20,21)22)24-10-14(15-5-4-13(2)29-15)27-6-8-28-9-7-27/h4-5,12,14H,3,6-11H2,1-2H3,(H2,23,24,25). The molecule has 2 aromatic heterocycles. The minimum Gasteiger partial charge on any atom is -0.465 e. The average Bonchev–Trinajstić information content (AvgIpc) is 3.36. The van der Waals surface area contributed by atoms with Crippen LogP contribution in [-0.4, -0.2) is 55.2 Å². The summed E-state index contributed by atoms with van der Waals surface area (Å²) in [6, 6.07) is 3.89. The van der Waals surface area contributed by atoms with Crippen LogP contribution in [0.25, 0.3) is 0 Å². The molecule has 0 aliphatic carbocycles. The van der Waals surface area contributed by atoms with Crippen LogP contribution in [-0.2, 0) is 17.5 Å². The molecule has 0 saturated carbocycles. The Morgan fingerprint density at radius 3 is 2.67 bits per heavy atom. The molecule has 1 fully saturated rings. The molecule has 11 heteroatoms. The molecule has 0 bridgehead atoms. The number of hydrogen-bond acceptors (Lipinski definition) is 6. The largest absolute Gasteiger partial charge is 0.465 e. The number of rotatable bonds is 7. The van der Waals surface area contributed by atoms with E-state index in [-0.39, 0.29) is 12.6 Å². The number of halogens is 3. The Labute approximate surface area is 177 Å². The predicted molar refractivity (Wildman–Crippen MR) is 109 cm³/mol. The lowest BCUT2D eigenvalue weighted by molar-refractivity contribution is -0.140. The fourth-order valence-corrected chi connectivity index (χ4v) is 3.85. The fourth-order valence-electron chi connectivity index (χ4n) is 3.13. The molecule has 166 valence electrons. The van der Waals surface area contributed by atoms with Crippen molar-refractivity contribution in [3.05, 3.63) is 39.7 Å². The molecule has 30 heavy (non-hydrogen) atoms. The maximum atomic E-state index is 12.7. The van der Waals surface area contributed by atoms with E-state index in [9.17, 15) is 13.2 Å². The van der Waals surface area contributed by atoms with E-state index < -0.39 is 11.9 Å². The Hall–Kier alpha value is -2.11. The molecule has 0 spiro atoms. The SMILES string of the molecule is CCNC(=NCc1nc(C(F)(F)F)cs1)NCC(c1ccc(C)o1)N1CCOCC1. The van der Waals surface area contributed by atoms with Gasteiger partial charge in [-0.1, -0.05) is 0 Å². The number of morpholine rings is 1. The van der Waals surface area contributed by atoms with Gasteiger partial charge in [0.2, 0.25) is 0 Å². The zero-order chi connectivity index (χ0) is 21.6. The van der Waals surface area contributed by atoms with Gasteiger partial charge in [0.1, 0.15) is 16.5 Å². The molecule has 1 saturated heterocycles. The van der Waals surface area contributed by atoms with Crippen LogP contribution in [0, 0.1) is 6.92 Å². The lowest BCUT2D eigenvalue weighted by atomic mass is 10.1. The lowest BCUT2D eigenvalue weighted by Gasteiger charge is -2.33. The van der Waals surface area contributed by atoms with E-state index in [0.717, 1.165) is 41.3 Å². The van der Waals surface area contributed by atoms with Gasteiger partial charge in [-0.15, -0.1) is 11.3 Å². The minimum atomic E-state index is -4.44. The summed E-state index contributed by atoms with van der Waals surface area (Å²) in [6.45, 7) is 7.96. The second-order valence-electron chi connectivity index (χ2n) is 6.81. The number of alkyl halides is 3. The lowest BCUT2D eigenvalue weighted by Crippen LogP contribution is -2.46. The van der Waals surface area contributed by atoms with Gasteiger partial charge in [-0.25, -0.2) is 9.98 Å². The van der Waals surface area contributed by atoms with Gasteiger partial charge in [-0.3, -0.25) is 4.90 Å². The van der Waals surface area contributed by atoms with Crippen molar-refractivity contribution in [3.63, 3.8) is 0 Å². The van der Waals surface area contributed by atoms with Crippen LogP contribution in [0.3, 0.4) is 0 Å². The van der Waals surface area contributed by atoms with E-state index in [0.29, 0.717) is 37.3 Å². The van der Waals surface area contributed by atoms with Crippen molar-refractivity contribution in [2.75, 3.05) is 39.4 Å². The molecular weight excluding hydrogens is 419 g/mol. The highest BCUT2D eigenvalue weighted by atomic mass is 32.1. The first kappa shape index (κ1) is 22.6. The van der Waals surface area contributed by atoms with Crippen molar-refractivity contribution in [1.29, 1.82) is 0 Å². The second-order valence-corrected chi connectivity index (χ2v) is 7.76.